The van der Waals surface area contributed by atoms with Gasteiger partial charge in [-0.3, -0.25) is 9.59 Å². The Bertz CT molecular complexity index is 1160. The molecule has 0 saturated carbocycles. The van der Waals surface area contributed by atoms with Gasteiger partial charge in [-0.1, -0.05) is 60.1 Å². The van der Waals surface area contributed by atoms with Crippen LogP contribution in [0, 0.1) is 13.8 Å². The lowest BCUT2D eigenvalue weighted by molar-refractivity contribution is -0.120. The number of hydrogen-bond donors (Lipinski definition) is 0. The first-order valence-corrected chi connectivity index (χ1v) is 10.5. The van der Waals surface area contributed by atoms with Crippen LogP contribution in [0.3, 0.4) is 0 Å². The number of anilines is 1. The maximum atomic E-state index is 13.6. The van der Waals surface area contributed by atoms with Crippen LogP contribution < -0.4 is 4.90 Å². The summed E-state index contributed by atoms with van der Waals surface area (Å²) in [5.74, 6) is -0.648. The standard InChI is InChI=1S/C26H23ClN2O2/c1-17-13-18(2)15-22(14-17)29-25(30)23(20-9-11-21(27)12-10-20)24(26(29)31)28(3)16-19-7-5-4-6-8-19/h4-15H,16H2,1-3H3. The van der Waals surface area contributed by atoms with Gasteiger partial charge < -0.3 is 4.90 Å². The Hall–Kier alpha value is -3.37. The summed E-state index contributed by atoms with van der Waals surface area (Å²) in [4.78, 5) is 30.3. The highest BCUT2D eigenvalue weighted by Crippen LogP contribution is 2.35. The van der Waals surface area contributed by atoms with E-state index in [0.717, 1.165) is 16.7 Å². The van der Waals surface area contributed by atoms with Crippen molar-refractivity contribution in [1.82, 2.24) is 4.90 Å². The van der Waals surface area contributed by atoms with Crippen LogP contribution in [0.4, 0.5) is 5.69 Å². The zero-order chi connectivity index (χ0) is 22.1. The highest BCUT2D eigenvalue weighted by molar-refractivity contribution is 6.45. The van der Waals surface area contributed by atoms with Gasteiger partial charge >= 0.3 is 0 Å². The molecule has 0 fully saturated rings. The van der Waals surface area contributed by atoms with E-state index >= 15 is 0 Å². The Morgan fingerprint density at radius 1 is 0.839 bits per heavy atom. The molecule has 31 heavy (non-hydrogen) atoms. The molecule has 0 aliphatic carbocycles. The van der Waals surface area contributed by atoms with Crippen molar-refractivity contribution in [3.8, 4) is 0 Å². The van der Waals surface area contributed by atoms with Gasteiger partial charge in [-0.15, -0.1) is 0 Å². The predicted octanol–water partition coefficient (Wildman–Crippen LogP) is 5.37. The van der Waals surface area contributed by atoms with E-state index in [4.69, 9.17) is 11.6 Å². The number of likely N-dealkylation sites (N-methyl/N-ethyl adjacent to an activating group) is 1. The molecule has 0 atom stereocenters. The summed E-state index contributed by atoms with van der Waals surface area (Å²) >= 11 is 6.06. The highest BCUT2D eigenvalue weighted by Gasteiger charge is 2.41. The summed E-state index contributed by atoms with van der Waals surface area (Å²) in [6.45, 7) is 4.42. The van der Waals surface area contributed by atoms with Gasteiger partial charge in [0.15, 0.2) is 0 Å². The fourth-order valence-electron chi connectivity index (χ4n) is 4.00. The van der Waals surface area contributed by atoms with Crippen molar-refractivity contribution < 1.29 is 9.59 Å². The number of rotatable bonds is 5. The first-order chi connectivity index (χ1) is 14.8. The van der Waals surface area contributed by atoms with E-state index in [-0.39, 0.29) is 11.8 Å². The summed E-state index contributed by atoms with van der Waals surface area (Å²) in [6, 6.07) is 22.6. The van der Waals surface area contributed by atoms with E-state index in [1.54, 1.807) is 24.3 Å². The number of nitrogens with zero attached hydrogens (tertiary/aromatic N) is 2. The van der Waals surface area contributed by atoms with Crippen molar-refractivity contribution in [1.29, 1.82) is 0 Å². The SMILES string of the molecule is Cc1cc(C)cc(N2C(=O)C(c3ccc(Cl)cc3)=C(N(C)Cc3ccccc3)C2=O)c1. The molecule has 3 aromatic carbocycles. The van der Waals surface area contributed by atoms with Crippen LogP contribution in [0.1, 0.15) is 22.3 Å². The van der Waals surface area contributed by atoms with Crippen LogP contribution in [-0.4, -0.2) is 23.8 Å². The number of carbonyl (C=O) groups is 2. The number of amides is 2. The van der Waals surface area contributed by atoms with Gasteiger partial charge in [0, 0.05) is 18.6 Å². The molecule has 3 aromatic rings. The molecule has 2 amide bonds. The van der Waals surface area contributed by atoms with Crippen molar-refractivity contribution in [2.45, 2.75) is 20.4 Å². The first kappa shape index (κ1) is 20.9. The second-order valence-corrected chi connectivity index (χ2v) is 8.30. The van der Waals surface area contributed by atoms with E-state index < -0.39 is 0 Å². The smallest absolute Gasteiger partial charge is 0.282 e. The molecule has 0 bridgehead atoms. The second-order valence-electron chi connectivity index (χ2n) is 7.86. The highest BCUT2D eigenvalue weighted by atomic mass is 35.5. The van der Waals surface area contributed by atoms with E-state index in [1.165, 1.54) is 4.90 Å². The van der Waals surface area contributed by atoms with Gasteiger partial charge in [-0.2, -0.15) is 0 Å². The number of halogens is 1. The van der Waals surface area contributed by atoms with E-state index in [2.05, 4.69) is 0 Å². The number of hydrogen-bond acceptors (Lipinski definition) is 3. The van der Waals surface area contributed by atoms with Crippen molar-refractivity contribution in [3.05, 3.63) is 106 Å². The fourth-order valence-corrected chi connectivity index (χ4v) is 4.13. The molecular formula is C26H23ClN2O2. The summed E-state index contributed by atoms with van der Waals surface area (Å²) < 4.78 is 0. The van der Waals surface area contributed by atoms with Gasteiger partial charge in [0.2, 0.25) is 0 Å². The average Bonchev–Trinajstić information content (AvgIpc) is 2.99. The van der Waals surface area contributed by atoms with Crippen LogP contribution >= 0.6 is 11.6 Å². The minimum absolute atomic E-state index is 0.321. The third kappa shape index (κ3) is 4.12. The molecule has 156 valence electrons. The topological polar surface area (TPSA) is 40.6 Å². The Labute approximate surface area is 187 Å². The minimum atomic E-state index is -0.327. The Kier molecular flexibility index (Phi) is 5.66. The Balaban J connectivity index is 1.81. The Morgan fingerprint density at radius 2 is 1.45 bits per heavy atom. The summed E-state index contributed by atoms with van der Waals surface area (Å²) in [7, 11) is 1.84. The lowest BCUT2D eigenvalue weighted by Crippen LogP contribution is -2.34. The van der Waals surface area contributed by atoms with Gasteiger partial charge in [0.05, 0.1) is 11.3 Å². The molecule has 5 heteroatoms. The van der Waals surface area contributed by atoms with Crippen LogP contribution in [0.5, 0.6) is 0 Å². The van der Waals surface area contributed by atoms with Crippen LogP contribution in [0.25, 0.3) is 5.57 Å². The summed E-state index contributed by atoms with van der Waals surface area (Å²) in [5.41, 5.74) is 5.07. The quantitative estimate of drug-likeness (QED) is 0.511. The lowest BCUT2D eigenvalue weighted by Gasteiger charge is -2.22. The normalized spacial score (nSPS) is 13.9. The predicted molar refractivity (Wildman–Crippen MR) is 125 cm³/mol. The minimum Gasteiger partial charge on any atom is -0.365 e. The number of aryl methyl sites for hydroxylation is 2. The largest absolute Gasteiger partial charge is 0.365 e. The van der Waals surface area contributed by atoms with E-state index in [1.807, 2.05) is 74.3 Å². The van der Waals surface area contributed by atoms with Crippen molar-refractivity contribution in [3.63, 3.8) is 0 Å². The van der Waals surface area contributed by atoms with Crippen molar-refractivity contribution in [2.24, 2.45) is 0 Å². The zero-order valence-electron chi connectivity index (χ0n) is 17.7. The summed E-state index contributed by atoms with van der Waals surface area (Å²) in [5, 5.41) is 0.575. The third-order valence-corrected chi connectivity index (χ3v) is 5.55. The van der Waals surface area contributed by atoms with Gasteiger partial charge in [-0.25, -0.2) is 4.90 Å². The molecule has 0 N–H and O–H groups in total. The lowest BCUT2D eigenvalue weighted by atomic mass is 10.0. The first-order valence-electron chi connectivity index (χ1n) is 10.1. The third-order valence-electron chi connectivity index (χ3n) is 5.30. The number of benzene rings is 3. The van der Waals surface area contributed by atoms with Crippen LogP contribution in [-0.2, 0) is 16.1 Å². The average molecular weight is 431 g/mol. The van der Waals surface area contributed by atoms with Crippen LogP contribution in [0.15, 0.2) is 78.5 Å². The van der Waals surface area contributed by atoms with E-state index in [9.17, 15) is 9.59 Å². The van der Waals surface area contributed by atoms with Crippen molar-refractivity contribution >= 4 is 34.7 Å². The molecule has 1 heterocycles. The van der Waals surface area contributed by atoms with Gasteiger partial charge in [0.25, 0.3) is 11.8 Å². The Morgan fingerprint density at radius 3 is 2.06 bits per heavy atom. The molecule has 0 unspecified atom stereocenters. The summed E-state index contributed by atoms with van der Waals surface area (Å²) in [6.07, 6.45) is 0. The second kappa shape index (κ2) is 8.40. The molecule has 0 aromatic heterocycles. The molecule has 4 rings (SSSR count). The van der Waals surface area contributed by atoms with Crippen molar-refractivity contribution in [2.75, 3.05) is 11.9 Å². The molecule has 0 radical (unpaired) electrons. The fraction of sp³-hybridized carbons (Fsp3) is 0.154. The number of carbonyl (C=O) groups excluding carboxylic acids is 2. The van der Waals surface area contributed by atoms with E-state index in [0.29, 0.717) is 34.1 Å². The molecule has 0 saturated heterocycles. The molecular weight excluding hydrogens is 408 g/mol. The van der Waals surface area contributed by atoms with Gasteiger partial charge in [-0.05, 0) is 60.4 Å². The maximum absolute atomic E-state index is 13.6. The molecule has 1 aliphatic rings. The zero-order valence-corrected chi connectivity index (χ0v) is 18.5. The van der Waals surface area contributed by atoms with Crippen LogP contribution in [0.2, 0.25) is 5.02 Å². The monoisotopic (exact) mass is 430 g/mol. The molecule has 1 aliphatic heterocycles. The number of imide groups is 1. The van der Waals surface area contributed by atoms with Gasteiger partial charge in [0.1, 0.15) is 5.70 Å². The molecule has 0 spiro atoms. The maximum Gasteiger partial charge on any atom is 0.282 e. The molecule has 4 nitrogen and oxygen atoms in total.